The molecule has 0 aliphatic carbocycles. The number of carbonyl (C=O) groups excluding carboxylic acids is 1. The van der Waals surface area contributed by atoms with Crippen molar-refractivity contribution in [2.24, 2.45) is 0 Å². The predicted molar refractivity (Wildman–Crippen MR) is 90.8 cm³/mol. The number of piperidine rings is 1. The highest BCUT2D eigenvalue weighted by molar-refractivity contribution is 7.28. The largest absolute Gasteiger partial charge is 0.336 e. The van der Waals surface area contributed by atoms with Crippen LogP contribution in [0, 0.1) is 6.92 Å². The second-order valence-electron chi connectivity index (χ2n) is 5.73. The third-order valence-electron chi connectivity index (χ3n) is 4.35. The van der Waals surface area contributed by atoms with E-state index in [-0.39, 0.29) is 5.91 Å². The maximum absolute atomic E-state index is 12.9. The van der Waals surface area contributed by atoms with E-state index in [1.165, 1.54) is 9.40 Å². The monoisotopic (exact) mass is 331 g/mol. The Morgan fingerprint density at radius 3 is 3.14 bits per heavy atom. The fourth-order valence-electron chi connectivity index (χ4n) is 3.16. The van der Waals surface area contributed by atoms with Crippen LogP contribution in [0.1, 0.15) is 34.1 Å². The van der Waals surface area contributed by atoms with Crippen molar-refractivity contribution in [1.29, 1.82) is 0 Å². The fraction of sp³-hybridized carbons (Fsp3) is 0.375. The number of carbonyl (C=O) groups is 1. The second-order valence-corrected chi connectivity index (χ2v) is 7.70. The maximum Gasteiger partial charge on any atom is 0.264 e. The number of aryl methyl sites for hydroxylation is 1. The molecular formula is C16H17N3OS2. The van der Waals surface area contributed by atoms with Crippen LogP contribution in [-0.4, -0.2) is 33.4 Å². The number of hydrogen-bond acceptors (Lipinski definition) is 4. The molecule has 0 bridgehead atoms. The molecular weight excluding hydrogens is 314 g/mol. The van der Waals surface area contributed by atoms with Gasteiger partial charge in [0, 0.05) is 34.9 Å². The summed E-state index contributed by atoms with van der Waals surface area (Å²) in [5.41, 5.74) is 1.14. The standard InChI is InChI=1S/C16H17N3OS2/c1-11-14-13(4-8-21-14)22-15(11)16(20)18-6-2-3-12(9-18)19-7-5-17-10-19/h4-5,7-8,10,12H,2-3,6,9H2,1H3. The molecule has 1 fully saturated rings. The summed E-state index contributed by atoms with van der Waals surface area (Å²) in [6.07, 6.45) is 7.81. The van der Waals surface area contributed by atoms with Gasteiger partial charge in [-0.25, -0.2) is 4.98 Å². The van der Waals surface area contributed by atoms with Crippen LogP contribution in [0.25, 0.3) is 9.40 Å². The summed E-state index contributed by atoms with van der Waals surface area (Å²) in [4.78, 5) is 20.0. The van der Waals surface area contributed by atoms with E-state index >= 15 is 0 Å². The molecule has 0 radical (unpaired) electrons. The predicted octanol–water partition coefficient (Wildman–Crippen LogP) is 3.95. The van der Waals surface area contributed by atoms with Crippen molar-refractivity contribution in [3.8, 4) is 0 Å². The van der Waals surface area contributed by atoms with Gasteiger partial charge in [0.25, 0.3) is 5.91 Å². The zero-order chi connectivity index (χ0) is 15.1. The highest BCUT2D eigenvalue weighted by atomic mass is 32.1. The SMILES string of the molecule is Cc1c(C(=O)N2CCCC(n3ccnc3)C2)sc2ccsc12. The summed E-state index contributed by atoms with van der Waals surface area (Å²) in [5, 5.41) is 2.10. The third kappa shape index (κ3) is 2.27. The number of imidazole rings is 1. The van der Waals surface area contributed by atoms with E-state index in [2.05, 4.69) is 27.9 Å². The molecule has 0 aromatic carbocycles. The van der Waals surface area contributed by atoms with Gasteiger partial charge in [0.2, 0.25) is 0 Å². The summed E-state index contributed by atoms with van der Waals surface area (Å²) in [5.74, 6) is 0.190. The first-order valence-electron chi connectivity index (χ1n) is 7.47. The highest BCUT2D eigenvalue weighted by Crippen LogP contribution is 2.36. The average molecular weight is 331 g/mol. The molecule has 3 aromatic heterocycles. The number of fused-ring (bicyclic) bond motifs is 1. The first kappa shape index (κ1) is 14.0. The molecule has 4 rings (SSSR count). The number of nitrogens with zero attached hydrogens (tertiary/aromatic N) is 3. The lowest BCUT2D eigenvalue weighted by Gasteiger charge is -2.33. The summed E-state index contributed by atoms with van der Waals surface area (Å²) in [6.45, 7) is 3.70. The molecule has 22 heavy (non-hydrogen) atoms. The zero-order valence-electron chi connectivity index (χ0n) is 12.4. The van der Waals surface area contributed by atoms with Crippen LogP contribution in [0.3, 0.4) is 0 Å². The molecule has 0 saturated carbocycles. The van der Waals surface area contributed by atoms with Crippen molar-refractivity contribution in [1.82, 2.24) is 14.5 Å². The van der Waals surface area contributed by atoms with Gasteiger partial charge in [-0.1, -0.05) is 0 Å². The van der Waals surface area contributed by atoms with E-state index in [1.54, 1.807) is 28.9 Å². The molecule has 0 N–H and O–H groups in total. The average Bonchev–Trinajstić information content (AvgIpc) is 3.26. The van der Waals surface area contributed by atoms with Crippen LogP contribution in [-0.2, 0) is 0 Å². The Hall–Kier alpha value is -1.66. The van der Waals surface area contributed by atoms with Crippen molar-refractivity contribution < 1.29 is 4.79 Å². The Bertz CT molecular complexity index is 803. The lowest BCUT2D eigenvalue weighted by Crippen LogP contribution is -2.40. The van der Waals surface area contributed by atoms with Crippen molar-refractivity contribution in [2.75, 3.05) is 13.1 Å². The highest BCUT2D eigenvalue weighted by Gasteiger charge is 2.27. The van der Waals surface area contributed by atoms with Crippen molar-refractivity contribution in [3.05, 3.63) is 40.6 Å². The third-order valence-corrected chi connectivity index (χ3v) is 6.76. The summed E-state index contributed by atoms with van der Waals surface area (Å²) in [7, 11) is 0. The minimum atomic E-state index is 0.190. The number of hydrogen-bond donors (Lipinski definition) is 0. The number of rotatable bonds is 2. The molecule has 3 aromatic rings. The molecule has 1 amide bonds. The van der Waals surface area contributed by atoms with Gasteiger partial charge in [0.15, 0.2) is 0 Å². The first-order chi connectivity index (χ1) is 10.7. The van der Waals surface area contributed by atoms with Gasteiger partial charge in [-0.2, -0.15) is 0 Å². The topological polar surface area (TPSA) is 38.1 Å². The van der Waals surface area contributed by atoms with Crippen LogP contribution in [0.5, 0.6) is 0 Å². The Kier molecular flexibility index (Phi) is 3.50. The minimum Gasteiger partial charge on any atom is -0.336 e. The van der Waals surface area contributed by atoms with Crippen LogP contribution >= 0.6 is 22.7 Å². The Labute approximate surface area is 137 Å². The lowest BCUT2D eigenvalue weighted by molar-refractivity contribution is 0.0684. The summed E-state index contributed by atoms with van der Waals surface area (Å²) < 4.78 is 4.62. The van der Waals surface area contributed by atoms with E-state index in [1.807, 2.05) is 17.4 Å². The molecule has 4 heterocycles. The van der Waals surface area contributed by atoms with E-state index in [0.29, 0.717) is 6.04 Å². The second kappa shape index (κ2) is 5.52. The number of amides is 1. The van der Waals surface area contributed by atoms with E-state index in [9.17, 15) is 4.79 Å². The van der Waals surface area contributed by atoms with Gasteiger partial charge in [-0.3, -0.25) is 4.79 Å². The quantitative estimate of drug-likeness (QED) is 0.713. The molecule has 1 unspecified atom stereocenters. The molecule has 1 aliphatic rings. The molecule has 0 spiro atoms. The zero-order valence-corrected chi connectivity index (χ0v) is 14.0. The molecule has 1 aliphatic heterocycles. The first-order valence-corrected chi connectivity index (χ1v) is 9.17. The summed E-state index contributed by atoms with van der Waals surface area (Å²) in [6, 6.07) is 2.46. The van der Waals surface area contributed by atoms with E-state index < -0.39 is 0 Å². The minimum absolute atomic E-state index is 0.190. The fourth-order valence-corrected chi connectivity index (χ4v) is 5.45. The Balaban J connectivity index is 1.59. The number of thiophene rings is 2. The van der Waals surface area contributed by atoms with Gasteiger partial charge in [0.1, 0.15) is 0 Å². The molecule has 6 heteroatoms. The van der Waals surface area contributed by atoms with Crippen LogP contribution in [0.4, 0.5) is 0 Å². The van der Waals surface area contributed by atoms with E-state index in [0.717, 1.165) is 36.4 Å². The lowest BCUT2D eigenvalue weighted by atomic mass is 10.1. The summed E-state index contributed by atoms with van der Waals surface area (Å²) >= 11 is 3.36. The maximum atomic E-state index is 12.9. The Morgan fingerprint density at radius 2 is 2.36 bits per heavy atom. The van der Waals surface area contributed by atoms with Crippen LogP contribution < -0.4 is 0 Å². The smallest absolute Gasteiger partial charge is 0.264 e. The van der Waals surface area contributed by atoms with Crippen molar-refractivity contribution in [2.45, 2.75) is 25.8 Å². The van der Waals surface area contributed by atoms with Crippen molar-refractivity contribution >= 4 is 38.0 Å². The van der Waals surface area contributed by atoms with Gasteiger partial charge in [-0.15, -0.1) is 22.7 Å². The Morgan fingerprint density at radius 1 is 1.45 bits per heavy atom. The van der Waals surface area contributed by atoms with Gasteiger partial charge in [0.05, 0.1) is 17.2 Å². The van der Waals surface area contributed by atoms with Gasteiger partial charge in [-0.05, 0) is 36.8 Å². The number of aromatic nitrogens is 2. The number of likely N-dealkylation sites (tertiary alicyclic amines) is 1. The normalized spacial score (nSPS) is 19.0. The molecule has 4 nitrogen and oxygen atoms in total. The van der Waals surface area contributed by atoms with Crippen molar-refractivity contribution in [3.63, 3.8) is 0 Å². The van der Waals surface area contributed by atoms with E-state index in [4.69, 9.17) is 0 Å². The van der Waals surface area contributed by atoms with Gasteiger partial charge < -0.3 is 9.47 Å². The molecule has 1 atom stereocenters. The van der Waals surface area contributed by atoms with Crippen LogP contribution in [0.2, 0.25) is 0 Å². The van der Waals surface area contributed by atoms with Crippen LogP contribution in [0.15, 0.2) is 30.2 Å². The molecule has 1 saturated heterocycles. The molecule has 114 valence electrons. The van der Waals surface area contributed by atoms with Gasteiger partial charge >= 0.3 is 0 Å².